The molecule has 3 aromatic rings. The van der Waals surface area contributed by atoms with Crippen LogP contribution < -0.4 is 10.7 Å². The van der Waals surface area contributed by atoms with Gasteiger partial charge in [0.1, 0.15) is 5.56 Å². The fraction of sp³-hybridized carbons (Fsp3) is 0.200. The zero-order valence-corrected chi connectivity index (χ0v) is 16.9. The molecule has 8 heteroatoms. The van der Waals surface area contributed by atoms with Crippen LogP contribution in [0.25, 0.3) is 10.9 Å². The molecule has 0 fully saturated rings. The van der Waals surface area contributed by atoms with Gasteiger partial charge in [-0.1, -0.05) is 0 Å². The number of nitrogens with zero attached hydrogens (tertiary/aromatic N) is 2. The predicted molar refractivity (Wildman–Crippen MR) is 110 cm³/mol. The molecule has 1 N–H and O–H groups in total. The summed E-state index contributed by atoms with van der Waals surface area (Å²) in [5, 5.41) is 3.08. The van der Waals surface area contributed by atoms with Crippen LogP contribution in [0.3, 0.4) is 0 Å². The number of aromatic nitrogens is 2. The van der Waals surface area contributed by atoms with Gasteiger partial charge in [-0.2, -0.15) is 0 Å². The average Bonchev–Trinajstić information content (AvgIpc) is 2.68. The number of nitrogens with one attached hydrogen (secondary N) is 1. The molecular weight excluding hydrogens is 426 g/mol. The second-order valence-electron chi connectivity index (χ2n) is 5.96. The summed E-state index contributed by atoms with van der Waals surface area (Å²) in [6, 6.07) is 6.66. The van der Waals surface area contributed by atoms with E-state index >= 15 is 0 Å². The lowest BCUT2D eigenvalue weighted by Crippen LogP contribution is -2.21. The first-order chi connectivity index (χ1) is 13.4. The van der Waals surface area contributed by atoms with Gasteiger partial charge in [0.2, 0.25) is 5.43 Å². The highest BCUT2D eigenvalue weighted by Crippen LogP contribution is 2.19. The Labute approximate surface area is 169 Å². The van der Waals surface area contributed by atoms with Gasteiger partial charge >= 0.3 is 5.97 Å². The van der Waals surface area contributed by atoms with Crippen molar-refractivity contribution in [1.82, 2.24) is 9.55 Å². The number of carbonyl (C=O) groups excluding carboxylic acids is 2. The molecule has 0 aliphatic heterocycles. The van der Waals surface area contributed by atoms with Gasteiger partial charge in [-0.25, -0.2) is 4.79 Å². The smallest absolute Gasteiger partial charge is 0.343 e. The number of esters is 1. The van der Waals surface area contributed by atoms with Gasteiger partial charge in [0, 0.05) is 40.7 Å². The highest BCUT2D eigenvalue weighted by Gasteiger charge is 2.17. The third kappa shape index (κ3) is 3.96. The minimum Gasteiger partial charge on any atom is -0.462 e. The summed E-state index contributed by atoms with van der Waals surface area (Å²) in [5.74, 6) is -1.02. The Morgan fingerprint density at radius 3 is 2.68 bits per heavy atom. The Kier molecular flexibility index (Phi) is 5.89. The highest BCUT2D eigenvalue weighted by atomic mass is 79.9. The van der Waals surface area contributed by atoms with E-state index in [1.165, 1.54) is 12.4 Å². The largest absolute Gasteiger partial charge is 0.462 e. The van der Waals surface area contributed by atoms with Gasteiger partial charge in [-0.3, -0.25) is 14.6 Å². The number of pyridine rings is 2. The summed E-state index contributed by atoms with van der Waals surface area (Å²) in [5.41, 5.74) is 1.02. The summed E-state index contributed by atoms with van der Waals surface area (Å²) >= 11 is 3.28. The molecule has 7 nitrogen and oxygen atoms in total. The molecule has 2 aromatic heterocycles. The van der Waals surface area contributed by atoms with E-state index in [-0.39, 0.29) is 18.1 Å². The number of aryl methyl sites for hydroxylation is 1. The quantitative estimate of drug-likeness (QED) is 0.608. The molecule has 1 aromatic carbocycles. The van der Waals surface area contributed by atoms with Crippen LogP contribution in [-0.4, -0.2) is 28.0 Å². The first-order valence-corrected chi connectivity index (χ1v) is 9.50. The first-order valence-electron chi connectivity index (χ1n) is 8.70. The van der Waals surface area contributed by atoms with E-state index in [2.05, 4.69) is 26.2 Å². The topological polar surface area (TPSA) is 90.3 Å². The molecule has 28 heavy (non-hydrogen) atoms. The van der Waals surface area contributed by atoms with E-state index in [0.717, 1.165) is 0 Å². The van der Waals surface area contributed by atoms with Crippen molar-refractivity contribution in [3.05, 3.63) is 68.7 Å². The Hall–Kier alpha value is -3.00. The van der Waals surface area contributed by atoms with Crippen molar-refractivity contribution < 1.29 is 14.3 Å². The normalized spacial score (nSPS) is 10.7. The van der Waals surface area contributed by atoms with Crippen molar-refractivity contribution in [2.45, 2.75) is 20.4 Å². The molecule has 0 radical (unpaired) electrons. The SMILES string of the molecule is CCOC(=O)c1cn(CC)c2ccc(NC(=O)c3cncc(Br)c3)cc2c1=O. The zero-order valence-electron chi connectivity index (χ0n) is 15.4. The Morgan fingerprint density at radius 2 is 2.00 bits per heavy atom. The highest BCUT2D eigenvalue weighted by molar-refractivity contribution is 9.10. The van der Waals surface area contributed by atoms with Crippen molar-refractivity contribution in [3.63, 3.8) is 0 Å². The summed E-state index contributed by atoms with van der Waals surface area (Å²) in [7, 11) is 0. The van der Waals surface area contributed by atoms with E-state index in [4.69, 9.17) is 4.74 Å². The van der Waals surface area contributed by atoms with Crippen LogP contribution >= 0.6 is 15.9 Å². The number of halogens is 1. The van der Waals surface area contributed by atoms with Crippen molar-refractivity contribution in [2.24, 2.45) is 0 Å². The molecule has 0 aliphatic carbocycles. The van der Waals surface area contributed by atoms with E-state index in [1.807, 2.05) is 6.92 Å². The summed E-state index contributed by atoms with van der Waals surface area (Å²) in [6.45, 7) is 4.34. The van der Waals surface area contributed by atoms with Crippen LogP contribution in [0.1, 0.15) is 34.6 Å². The monoisotopic (exact) mass is 443 g/mol. The van der Waals surface area contributed by atoms with Crippen LogP contribution in [0.15, 0.2) is 52.1 Å². The van der Waals surface area contributed by atoms with Gasteiger partial charge in [0.25, 0.3) is 5.91 Å². The second-order valence-corrected chi connectivity index (χ2v) is 6.87. The van der Waals surface area contributed by atoms with Gasteiger partial charge < -0.3 is 14.6 Å². The molecule has 1 amide bonds. The number of benzene rings is 1. The molecule has 0 unspecified atom stereocenters. The van der Waals surface area contributed by atoms with Crippen molar-refractivity contribution in [3.8, 4) is 0 Å². The maximum absolute atomic E-state index is 12.8. The van der Waals surface area contributed by atoms with Gasteiger partial charge in [0.15, 0.2) is 0 Å². The zero-order chi connectivity index (χ0) is 20.3. The van der Waals surface area contributed by atoms with E-state index in [1.54, 1.807) is 42.0 Å². The molecule has 0 saturated carbocycles. The molecule has 0 spiro atoms. The van der Waals surface area contributed by atoms with Crippen LogP contribution in [0, 0.1) is 0 Å². The number of carbonyl (C=O) groups is 2. The van der Waals surface area contributed by atoms with Crippen LogP contribution in [0.4, 0.5) is 5.69 Å². The van der Waals surface area contributed by atoms with Gasteiger partial charge in [-0.15, -0.1) is 0 Å². The average molecular weight is 444 g/mol. The van der Waals surface area contributed by atoms with E-state index in [9.17, 15) is 14.4 Å². The number of rotatable bonds is 5. The number of hydrogen-bond acceptors (Lipinski definition) is 5. The Balaban J connectivity index is 2.04. The van der Waals surface area contributed by atoms with Crippen molar-refractivity contribution in [2.75, 3.05) is 11.9 Å². The number of ether oxygens (including phenoxy) is 1. The Morgan fingerprint density at radius 1 is 1.21 bits per heavy atom. The fourth-order valence-electron chi connectivity index (χ4n) is 2.83. The van der Waals surface area contributed by atoms with Crippen LogP contribution in [-0.2, 0) is 11.3 Å². The predicted octanol–water partition coefficient (Wildman–Crippen LogP) is 3.61. The lowest BCUT2D eigenvalue weighted by Gasteiger charge is -2.13. The second kappa shape index (κ2) is 8.35. The third-order valence-electron chi connectivity index (χ3n) is 4.14. The number of anilines is 1. The Bertz CT molecular complexity index is 1120. The minimum atomic E-state index is -0.661. The maximum atomic E-state index is 12.8. The molecule has 144 valence electrons. The number of amides is 1. The van der Waals surface area contributed by atoms with Crippen LogP contribution in [0.2, 0.25) is 0 Å². The summed E-state index contributed by atoms with van der Waals surface area (Å²) < 4.78 is 7.47. The van der Waals surface area contributed by atoms with E-state index in [0.29, 0.717) is 33.2 Å². The van der Waals surface area contributed by atoms with Crippen molar-refractivity contribution in [1.29, 1.82) is 0 Å². The third-order valence-corrected chi connectivity index (χ3v) is 4.57. The lowest BCUT2D eigenvalue weighted by atomic mass is 10.1. The standard InChI is InChI=1S/C20H18BrN3O4/c1-3-24-11-16(20(27)28-4-2)18(25)15-8-14(5-6-17(15)24)23-19(26)12-7-13(21)10-22-9-12/h5-11H,3-4H2,1-2H3,(H,23,26). The maximum Gasteiger partial charge on any atom is 0.343 e. The molecule has 0 saturated heterocycles. The van der Waals surface area contributed by atoms with Crippen molar-refractivity contribution >= 4 is 44.4 Å². The molecule has 0 aliphatic rings. The summed E-state index contributed by atoms with van der Waals surface area (Å²) in [6.07, 6.45) is 4.54. The molecule has 0 atom stereocenters. The number of hydrogen-bond donors (Lipinski definition) is 1. The first kappa shape index (κ1) is 19.8. The fourth-order valence-corrected chi connectivity index (χ4v) is 3.20. The van der Waals surface area contributed by atoms with Crippen LogP contribution in [0.5, 0.6) is 0 Å². The molecular formula is C20H18BrN3O4. The minimum absolute atomic E-state index is 0.0316. The summed E-state index contributed by atoms with van der Waals surface area (Å²) in [4.78, 5) is 41.4. The molecule has 3 rings (SSSR count). The number of fused-ring (bicyclic) bond motifs is 1. The molecule has 0 bridgehead atoms. The van der Waals surface area contributed by atoms with Gasteiger partial charge in [-0.05, 0) is 54.0 Å². The van der Waals surface area contributed by atoms with Gasteiger partial charge in [0.05, 0.1) is 17.7 Å². The van der Waals surface area contributed by atoms with E-state index < -0.39 is 11.4 Å². The lowest BCUT2D eigenvalue weighted by molar-refractivity contribution is 0.0524. The molecule has 2 heterocycles.